The molecule has 0 spiro atoms. The largest absolute Gasteiger partial charge is 0.457 e. The number of hydrogen-bond acceptors (Lipinski definition) is 3. The predicted octanol–water partition coefficient (Wildman–Crippen LogP) is 7.13. The van der Waals surface area contributed by atoms with Crippen molar-refractivity contribution in [1.82, 2.24) is 10.3 Å². The van der Waals surface area contributed by atoms with Gasteiger partial charge < -0.3 is 10.1 Å². The molecule has 0 fully saturated rings. The van der Waals surface area contributed by atoms with Crippen LogP contribution in [0.2, 0.25) is 0 Å². The number of hydrogen-bond donors (Lipinski definition) is 1. The molecular weight excluding hydrogens is 406 g/mol. The molecule has 4 aromatic rings. The fourth-order valence-corrected chi connectivity index (χ4v) is 3.44. The van der Waals surface area contributed by atoms with Crippen molar-refractivity contribution in [2.75, 3.05) is 0 Å². The molecule has 32 heavy (non-hydrogen) atoms. The summed E-state index contributed by atoms with van der Waals surface area (Å²) in [7, 11) is 0. The Hall–Kier alpha value is -3.99. The van der Waals surface area contributed by atoms with Gasteiger partial charge in [0.25, 0.3) is 0 Å². The Morgan fingerprint density at radius 1 is 0.969 bits per heavy atom. The molecule has 1 N–H and O–H groups in total. The first kappa shape index (κ1) is 21.2. The van der Waals surface area contributed by atoms with Gasteiger partial charge in [-0.2, -0.15) is 0 Å². The number of benzene rings is 3. The van der Waals surface area contributed by atoms with Crippen molar-refractivity contribution in [2.45, 2.75) is 13.5 Å². The van der Waals surface area contributed by atoms with E-state index >= 15 is 0 Å². The smallest absolute Gasteiger partial charge is 0.131 e. The zero-order valence-electron chi connectivity index (χ0n) is 17.6. The van der Waals surface area contributed by atoms with E-state index in [0.29, 0.717) is 22.8 Å². The van der Waals surface area contributed by atoms with Crippen molar-refractivity contribution < 1.29 is 14.9 Å². The number of pyridine rings is 1. The molecule has 0 radical (unpaired) electrons. The van der Waals surface area contributed by atoms with E-state index in [9.17, 15) is 8.78 Å². The summed E-state index contributed by atoms with van der Waals surface area (Å²) in [6.07, 6.45) is 1.72. The van der Waals surface area contributed by atoms with E-state index in [2.05, 4.69) is 16.9 Å². The Kier molecular flexibility index (Phi) is 6.26. The van der Waals surface area contributed by atoms with Crippen molar-refractivity contribution in [3.63, 3.8) is 0 Å². The summed E-state index contributed by atoms with van der Waals surface area (Å²) in [5.74, 6) is 0.151. The van der Waals surface area contributed by atoms with Crippen LogP contribution in [-0.2, 0) is 6.54 Å². The van der Waals surface area contributed by atoms with E-state index in [0.717, 1.165) is 28.5 Å². The minimum absolute atomic E-state index is 0. The summed E-state index contributed by atoms with van der Waals surface area (Å²) in [5, 5.41) is 3.14. The van der Waals surface area contributed by atoms with Crippen molar-refractivity contribution in [2.24, 2.45) is 0 Å². The van der Waals surface area contributed by atoms with Gasteiger partial charge in [0, 0.05) is 48.7 Å². The van der Waals surface area contributed by atoms with Crippen LogP contribution in [0.5, 0.6) is 11.5 Å². The maximum Gasteiger partial charge on any atom is 0.131 e. The lowest BCUT2D eigenvalue weighted by atomic mass is 10.0. The van der Waals surface area contributed by atoms with Crippen LogP contribution in [-0.4, -0.2) is 4.98 Å². The van der Waals surface area contributed by atoms with Gasteiger partial charge in [0.2, 0.25) is 0 Å². The summed E-state index contributed by atoms with van der Waals surface area (Å²) < 4.78 is 33.0. The fraction of sp³-hybridized carbons (Fsp3) is 0.0741. The highest BCUT2D eigenvalue weighted by molar-refractivity contribution is 5.67. The predicted molar refractivity (Wildman–Crippen MR) is 125 cm³/mol. The third-order valence-corrected chi connectivity index (χ3v) is 5.07. The number of aromatic nitrogens is 1. The van der Waals surface area contributed by atoms with E-state index in [1.165, 1.54) is 12.1 Å². The molecule has 0 aliphatic rings. The molecule has 162 valence electrons. The fourth-order valence-electron chi connectivity index (χ4n) is 3.44. The topological polar surface area (TPSA) is 34.1 Å². The molecule has 0 bridgehead atoms. The van der Waals surface area contributed by atoms with Gasteiger partial charge in [0.1, 0.15) is 23.1 Å². The van der Waals surface area contributed by atoms with E-state index in [4.69, 9.17) is 4.74 Å². The summed E-state index contributed by atoms with van der Waals surface area (Å²) in [5.41, 5.74) is 4.72. The Morgan fingerprint density at radius 3 is 2.47 bits per heavy atom. The number of ether oxygens (including phenoxy) is 1. The highest BCUT2D eigenvalue weighted by atomic mass is 19.1. The van der Waals surface area contributed by atoms with Gasteiger partial charge in [0.15, 0.2) is 0 Å². The Balaban J connectivity index is 0.00000306. The van der Waals surface area contributed by atoms with Crippen LogP contribution in [0.3, 0.4) is 0 Å². The highest BCUT2D eigenvalue weighted by Gasteiger charge is 2.10. The van der Waals surface area contributed by atoms with Crippen molar-refractivity contribution in [3.8, 4) is 22.8 Å². The lowest BCUT2D eigenvalue weighted by molar-refractivity contribution is 0.478. The third-order valence-electron chi connectivity index (χ3n) is 5.07. The van der Waals surface area contributed by atoms with Gasteiger partial charge in [0.05, 0.1) is 5.69 Å². The van der Waals surface area contributed by atoms with Crippen LogP contribution < -0.4 is 10.1 Å². The van der Waals surface area contributed by atoms with Crippen LogP contribution >= 0.6 is 0 Å². The molecule has 0 amide bonds. The summed E-state index contributed by atoms with van der Waals surface area (Å²) in [6.45, 7) is 6.28. The van der Waals surface area contributed by atoms with Gasteiger partial charge in [-0.3, -0.25) is 4.98 Å². The summed E-state index contributed by atoms with van der Waals surface area (Å²) in [4.78, 5) is 4.43. The zero-order chi connectivity index (χ0) is 22.5. The second-order valence-corrected chi connectivity index (χ2v) is 7.38. The Morgan fingerprint density at radius 2 is 1.72 bits per heavy atom. The molecule has 1 aromatic heterocycles. The molecule has 1 heterocycles. The minimum atomic E-state index is -0.605. The summed E-state index contributed by atoms with van der Waals surface area (Å²) in [6, 6.07) is 22.7. The van der Waals surface area contributed by atoms with Gasteiger partial charge >= 0.3 is 0 Å². The van der Waals surface area contributed by atoms with Crippen molar-refractivity contribution in [3.05, 3.63) is 120 Å². The molecule has 5 heteroatoms. The lowest BCUT2D eigenvalue weighted by Crippen LogP contribution is -2.12. The maximum atomic E-state index is 13.4. The second kappa shape index (κ2) is 9.43. The third kappa shape index (κ3) is 5.01. The molecule has 3 nitrogen and oxygen atoms in total. The molecule has 0 aliphatic carbocycles. The minimum Gasteiger partial charge on any atom is -0.457 e. The molecule has 0 atom stereocenters. The average molecular weight is 430 g/mol. The summed E-state index contributed by atoms with van der Waals surface area (Å²) >= 11 is 0. The van der Waals surface area contributed by atoms with E-state index in [-0.39, 0.29) is 7.97 Å². The SMILES string of the molecule is C=C(NCc1cc(F)cc(F)c1)c1cccc(Oc2ccnc(-c3ccccc3)c2)c1C.[HH]. The molecule has 0 unspecified atom stereocenters. The van der Waals surface area contributed by atoms with Crippen LogP contribution in [0.25, 0.3) is 17.0 Å². The molecule has 0 aliphatic heterocycles. The van der Waals surface area contributed by atoms with Gasteiger partial charge in [-0.25, -0.2) is 8.78 Å². The van der Waals surface area contributed by atoms with Crippen molar-refractivity contribution >= 4 is 5.70 Å². The molecule has 0 saturated carbocycles. The first-order valence-electron chi connectivity index (χ1n) is 10.2. The van der Waals surface area contributed by atoms with E-state index in [1.807, 2.05) is 67.6 Å². The Labute approximate surface area is 187 Å². The average Bonchev–Trinajstić information content (AvgIpc) is 2.79. The number of rotatable bonds is 7. The Bertz CT molecular complexity index is 1240. The zero-order valence-corrected chi connectivity index (χ0v) is 17.6. The number of halogens is 2. The van der Waals surface area contributed by atoms with Crippen LogP contribution in [0.15, 0.2) is 91.6 Å². The maximum absolute atomic E-state index is 13.4. The first-order chi connectivity index (χ1) is 15.5. The van der Waals surface area contributed by atoms with Crippen LogP contribution in [0, 0.1) is 18.6 Å². The van der Waals surface area contributed by atoms with Crippen LogP contribution in [0.1, 0.15) is 18.1 Å². The normalized spacial score (nSPS) is 10.6. The van der Waals surface area contributed by atoms with Gasteiger partial charge in [-0.05, 0) is 36.8 Å². The van der Waals surface area contributed by atoms with E-state index < -0.39 is 11.6 Å². The first-order valence-corrected chi connectivity index (χ1v) is 10.2. The second-order valence-electron chi connectivity index (χ2n) is 7.38. The molecule has 3 aromatic carbocycles. The standard InChI is InChI=1S/C27H22F2N2O.H2/c1-18-25(19(2)31-17-20-13-22(28)15-23(29)14-20)9-6-10-27(18)32-24-11-12-30-26(16-24)21-7-4-3-5-8-21;/h3-16,31H,2,17H2,1H3;1H. The van der Waals surface area contributed by atoms with E-state index in [1.54, 1.807) is 6.20 Å². The monoisotopic (exact) mass is 430 g/mol. The highest BCUT2D eigenvalue weighted by Crippen LogP contribution is 2.31. The van der Waals surface area contributed by atoms with Crippen molar-refractivity contribution in [1.29, 1.82) is 0 Å². The van der Waals surface area contributed by atoms with Crippen LogP contribution in [0.4, 0.5) is 8.78 Å². The lowest BCUT2D eigenvalue weighted by Gasteiger charge is -2.16. The number of nitrogens with one attached hydrogen (secondary N) is 1. The quantitative estimate of drug-likeness (QED) is 0.338. The molecule has 0 saturated heterocycles. The van der Waals surface area contributed by atoms with Gasteiger partial charge in [-0.1, -0.05) is 49.0 Å². The number of nitrogens with zero attached hydrogens (tertiary/aromatic N) is 1. The van der Waals surface area contributed by atoms with Gasteiger partial charge in [-0.15, -0.1) is 0 Å². The molecular formula is C27H24F2N2O. The molecule has 4 rings (SSSR count).